The number of barbiturate groups is 1. The fourth-order valence-corrected chi connectivity index (χ4v) is 8.81. The highest BCUT2D eigenvalue weighted by Crippen LogP contribution is 2.60. The van der Waals surface area contributed by atoms with Gasteiger partial charge in [0, 0.05) is 5.69 Å². The predicted molar refractivity (Wildman–Crippen MR) is 183 cm³/mol. The van der Waals surface area contributed by atoms with Gasteiger partial charge in [-0.15, -0.1) is 0 Å². The molecule has 10 heteroatoms. The first-order chi connectivity index (χ1) is 23.1. The van der Waals surface area contributed by atoms with Crippen molar-refractivity contribution in [2.45, 2.75) is 57.8 Å². The summed E-state index contributed by atoms with van der Waals surface area (Å²) in [5.74, 6) is 0.831. The van der Waals surface area contributed by atoms with Gasteiger partial charge in [0.05, 0.1) is 17.3 Å². The van der Waals surface area contributed by atoms with E-state index in [1.807, 2.05) is 31.2 Å². The summed E-state index contributed by atoms with van der Waals surface area (Å²) in [5.41, 5.74) is 3.70. The lowest BCUT2D eigenvalue weighted by atomic mass is 9.48. The van der Waals surface area contributed by atoms with Crippen LogP contribution in [0.4, 0.5) is 16.2 Å². The number of nitrogens with zero attached hydrogens (tertiary/aromatic N) is 1. The Labute approximate surface area is 284 Å². The van der Waals surface area contributed by atoms with Crippen LogP contribution < -0.4 is 25.0 Å². The van der Waals surface area contributed by atoms with Crippen molar-refractivity contribution in [1.29, 1.82) is 0 Å². The van der Waals surface area contributed by atoms with Crippen LogP contribution in [0, 0.1) is 24.7 Å². The first-order valence-corrected chi connectivity index (χ1v) is 17.0. The van der Waals surface area contributed by atoms with Gasteiger partial charge >= 0.3 is 6.03 Å². The molecule has 248 valence electrons. The number of anilines is 2. The predicted octanol–water partition coefficient (Wildman–Crippen LogP) is 7.20. The number of benzene rings is 3. The van der Waals surface area contributed by atoms with Gasteiger partial charge in [0.2, 0.25) is 0 Å². The number of hydrogen-bond acceptors (Lipinski definition) is 6. The Morgan fingerprint density at radius 3 is 2.23 bits per heavy atom. The van der Waals surface area contributed by atoms with E-state index < -0.39 is 17.8 Å². The van der Waals surface area contributed by atoms with Crippen LogP contribution in [0.15, 0.2) is 66.2 Å². The lowest BCUT2D eigenvalue weighted by Crippen LogP contribution is -2.54. The molecule has 4 bridgehead atoms. The number of urea groups is 1. The molecule has 1 heterocycles. The summed E-state index contributed by atoms with van der Waals surface area (Å²) < 4.78 is 11.5. The van der Waals surface area contributed by atoms with Gasteiger partial charge in [-0.1, -0.05) is 41.4 Å². The molecular formula is C38H38ClN3O6. The van der Waals surface area contributed by atoms with Gasteiger partial charge < -0.3 is 14.8 Å². The zero-order valence-corrected chi connectivity index (χ0v) is 27.8. The standard InChI is InChI=1S/C38H38ClN3O6/c1-3-47-32-17-23(16-31(39)34(32)48-21-33(43)40-28-8-4-22(2)5-9-28)15-30-35(44)41-37(46)42(36(30)45)29-10-6-27(7-11-29)38-18-24-12-25(19-38)14-26(13-24)20-38/h4-11,15-17,24-26H,3,12-14,18-21H2,1-2H3,(H,40,43)(H,41,44,46)/b30-15+. The monoisotopic (exact) mass is 667 g/mol. The van der Waals surface area contributed by atoms with Gasteiger partial charge in [-0.25, -0.2) is 9.69 Å². The van der Waals surface area contributed by atoms with E-state index in [-0.39, 0.29) is 46.6 Å². The number of hydrogen-bond donors (Lipinski definition) is 2. The third-order valence-corrected chi connectivity index (χ3v) is 10.5. The number of nitrogens with one attached hydrogen (secondary N) is 2. The van der Waals surface area contributed by atoms with E-state index in [1.54, 1.807) is 25.1 Å². The lowest BCUT2D eigenvalue weighted by molar-refractivity contribution is -0.122. The number of carbonyl (C=O) groups excluding carboxylic acids is 4. The van der Waals surface area contributed by atoms with E-state index in [4.69, 9.17) is 21.1 Å². The average Bonchev–Trinajstić information content (AvgIpc) is 3.03. The summed E-state index contributed by atoms with van der Waals surface area (Å²) in [6, 6.07) is 17.4. The molecule has 0 spiro atoms. The number of halogens is 1. The molecule has 5 amide bonds. The highest BCUT2D eigenvalue weighted by molar-refractivity contribution is 6.39. The Hall–Kier alpha value is -4.63. The first kappa shape index (κ1) is 31.9. The molecular weight excluding hydrogens is 630 g/mol. The highest BCUT2D eigenvalue weighted by atomic mass is 35.5. The molecule has 3 aromatic rings. The van der Waals surface area contributed by atoms with Gasteiger partial charge in [-0.3, -0.25) is 19.7 Å². The van der Waals surface area contributed by atoms with E-state index in [1.165, 1.54) is 56.2 Å². The van der Waals surface area contributed by atoms with Crippen molar-refractivity contribution in [2.75, 3.05) is 23.4 Å². The number of imide groups is 2. The fraction of sp³-hybridized carbons (Fsp3) is 0.368. The van der Waals surface area contributed by atoms with Crippen molar-refractivity contribution in [3.05, 3.63) is 87.9 Å². The summed E-state index contributed by atoms with van der Waals surface area (Å²) in [7, 11) is 0. The van der Waals surface area contributed by atoms with Crippen molar-refractivity contribution in [2.24, 2.45) is 17.8 Å². The van der Waals surface area contributed by atoms with Gasteiger partial charge in [0.25, 0.3) is 17.7 Å². The van der Waals surface area contributed by atoms with Crippen molar-refractivity contribution >= 4 is 52.8 Å². The van der Waals surface area contributed by atoms with Gasteiger partial charge in [0.1, 0.15) is 5.57 Å². The van der Waals surface area contributed by atoms with E-state index in [2.05, 4.69) is 22.8 Å². The molecule has 3 aromatic carbocycles. The summed E-state index contributed by atoms with van der Waals surface area (Å²) >= 11 is 6.58. The molecule has 2 N–H and O–H groups in total. The molecule has 5 aliphatic rings. The van der Waals surface area contributed by atoms with Crippen molar-refractivity contribution in [1.82, 2.24) is 5.32 Å². The maximum atomic E-state index is 13.7. The smallest absolute Gasteiger partial charge is 0.335 e. The molecule has 4 saturated carbocycles. The van der Waals surface area contributed by atoms with Gasteiger partial charge in [-0.05, 0) is 129 Å². The third kappa shape index (κ3) is 6.19. The Kier molecular flexibility index (Phi) is 8.50. The SMILES string of the molecule is CCOc1cc(/C=C2\C(=O)NC(=O)N(c3ccc(C45CC6CC(CC(C6)C4)C5)cc3)C2=O)cc(Cl)c1OCC(=O)Nc1ccc(C)cc1. The summed E-state index contributed by atoms with van der Waals surface area (Å²) in [6.07, 6.45) is 9.03. The maximum Gasteiger partial charge on any atom is 0.335 e. The zero-order valence-electron chi connectivity index (χ0n) is 27.0. The molecule has 9 nitrogen and oxygen atoms in total. The summed E-state index contributed by atoms with van der Waals surface area (Å²) in [5, 5.41) is 5.18. The lowest BCUT2D eigenvalue weighted by Gasteiger charge is -2.57. The molecule has 0 radical (unpaired) electrons. The van der Waals surface area contributed by atoms with Crippen LogP contribution in [0.25, 0.3) is 6.08 Å². The third-order valence-electron chi connectivity index (χ3n) is 10.2. The fourth-order valence-electron chi connectivity index (χ4n) is 8.53. The minimum Gasteiger partial charge on any atom is -0.490 e. The minimum atomic E-state index is -0.811. The maximum absolute atomic E-state index is 13.7. The van der Waals surface area contributed by atoms with Crippen LogP contribution in [-0.4, -0.2) is 37.0 Å². The van der Waals surface area contributed by atoms with Crippen molar-refractivity contribution < 1.29 is 28.7 Å². The molecule has 8 rings (SSSR count). The average molecular weight is 668 g/mol. The molecule has 0 aromatic heterocycles. The topological polar surface area (TPSA) is 114 Å². The zero-order chi connectivity index (χ0) is 33.6. The molecule has 1 saturated heterocycles. The van der Waals surface area contributed by atoms with Crippen molar-refractivity contribution in [3.63, 3.8) is 0 Å². The Balaban J connectivity index is 1.09. The second-order valence-electron chi connectivity index (χ2n) is 13.7. The second kappa shape index (κ2) is 12.8. The first-order valence-electron chi connectivity index (χ1n) is 16.6. The Morgan fingerprint density at radius 2 is 1.60 bits per heavy atom. The highest BCUT2D eigenvalue weighted by Gasteiger charge is 2.51. The normalized spacial score (nSPS) is 25.3. The molecule has 0 atom stereocenters. The molecule has 4 aliphatic carbocycles. The van der Waals surface area contributed by atoms with E-state index >= 15 is 0 Å². The van der Waals surface area contributed by atoms with Crippen LogP contribution in [0.3, 0.4) is 0 Å². The van der Waals surface area contributed by atoms with Crippen LogP contribution >= 0.6 is 11.6 Å². The number of rotatable bonds is 9. The molecule has 5 fully saturated rings. The number of ether oxygens (including phenoxy) is 2. The van der Waals surface area contributed by atoms with E-state index in [0.717, 1.165) is 28.2 Å². The summed E-state index contributed by atoms with van der Waals surface area (Å²) in [4.78, 5) is 53.2. The van der Waals surface area contributed by atoms with Crippen molar-refractivity contribution in [3.8, 4) is 11.5 Å². The largest absolute Gasteiger partial charge is 0.490 e. The summed E-state index contributed by atoms with van der Waals surface area (Å²) in [6.45, 7) is 3.68. The van der Waals surface area contributed by atoms with Gasteiger partial charge in [-0.2, -0.15) is 0 Å². The minimum absolute atomic E-state index is 0.118. The van der Waals surface area contributed by atoms with E-state index in [9.17, 15) is 19.2 Å². The Bertz CT molecular complexity index is 1780. The van der Waals surface area contributed by atoms with Crippen LogP contribution in [-0.2, 0) is 19.8 Å². The van der Waals surface area contributed by atoms with Crippen LogP contribution in [0.5, 0.6) is 11.5 Å². The van der Waals surface area contributed by atoms with Crippen LogP contribution in [0.1, 0.15) is 62.1 Å². The second-order valence-corrected chi connectivity index (χ2v) is 14.1. The van der Waals surface area contributed by atoms with Gasteiger partial charge in [0.15, 0.2) is 18.1 Å². The van der Waals surface area contributed by atoms with Crippen LogP contribution in [0.2, 0.25) is 5.02 Å². The Morgan fingerprint density at radius 1 is 0.958 bits per heavy atom. The quantitative estimate of drug-likeness (QED) is 0.184. The molecule has 48 heavy (non-hydrogen) atoms. The number of carbonyl (C=O) groups is 4. The number of aryl methyl sites for hydroxylation is 1. The van der Waals surface area contributed by atoms with E-state index in [0.29, 0.717) is 16.9 Å². The molecule has 1 aliphatic heterocycles. The molecule has 0 unspecified atom stereocenters. The number of amides is 5.